The van der Waals surface area contributed by atoms with Gasteiger partial charge in [-0.1, -0.05) is 13.8 Å². The summed E-state index contributed by atoms with van der Waals surface area (Å²) in [7, 11) is 3.67. The minimum Gasteiger partial charge on any atom is -0.343 e. The fraction of sp³-hybridized carbons (Fsp3) is 0.533. The van der Waals surface area contributed by atoms with E-state index < -0.39 is 10.5 Å². The SMILES string of the molecule is CC.CN1CCN(C)C(C)(c2ccc([N+](=O)[O-])cc2)C1=O. The van der Waals surface area contributed by atoms with Crippen LogP contribution in [0.3, 0.4) is 0 Å². The molecule has 0 aliphatic carbocycles. The standard InChI is InChI=1S/C13H17N3O3.C2H6/c1-13(12(17)14(2)8-9-15(13)3)10-4-6-11(7-5-10)16(18)19;1-2/h4-7H,8-9H2,1-3H3;1-2H3. The maximum Gasteiger partial charge on any atom is 0.269 e. The van der Waals surface area contributed by atoms with Gasteiger partial charge in [-0.3, -0.25) is 19.8 Å². The monoisotopic (exact) mass is 293 g/mol. The molecule has 1 fully saturated rings. The molecule has 21 heavy (non-hydrogen) atoms. The van der Waals surface area contributed by atoms with Gasteiger partial charge in [0.1, 0.15) is 5.54 Å². The van der Waals surface area contributed by atoms with E-state index in [1.165, 1.54) is 12.1 Å². The second-order valence-corrected chi connectivity index (χ2v) is 5.02. The van der Waals surface area contributed by atoms with Crippen molar-refractivity contribution in [1.82, 2.24) is 9.80 Å². The molecule has 1 aromatic rings. The molecule has 0 bridgehead atoms. The normalized spacial score (nSPS) is 22.5. The first-order valence-electron chi connectivity index (χ1n) is 7.09. The third kappa shape index (κ3) is 3.05. The van der Waals surface area contributed by atoms with Gasteiger partial charge in [0.2, 0.25) is 5.91 Å². The molecule has 0 aromatic heterocycles. The van der Waals surface area contributed by atoms with E-state index in [1.54, 1.807) is 24.1 Å². The molecule has 1 aliphatic rings. The molecule has 1 amide bonds. The molecule has 1 heterocycles. The summed E-state index contributed by atoms with van der Waals surface area (Å²) in [6.07, 6.45) is 0. The lowest BCUT2D eigenvalue weighted by Crippen LogP contribution is -2.60. The van der Waals surface area contributed by atoms with E-state index in [1.807, 2.05) is 32.7 Å². The molecule has 1 atom stereocenters. The van der Waals surface area contributed by atoms with Crippen LogP contribution in [-0.4, -0.2) is 47.8 Å². The van der Waals surface area contributed by atoms with Crippen molar-refractivity contribution in [2.45, 2.75) is 26.3 Å². The summed E-state index contributed by atoms with van der Waals surface area (Å²) in [5.41, 5.74) is 0.0473. The zero-order valence-electron chi connectivity index (χ0n) is 13.3. The van der Waals surface area contributed by atoms with E-state index in [4.69, 9.17) is 0 Å². The molecule has 1 saturated heterocycles. The second kappa shape index (κ2) is 6.67. The van der Waals surface area contributed by atoms with Crippen LogP contribution in [0.5, 0.6) is 0 Å². The topological polar surface area (TPSA) is 66.7 Å². The van der Waals surface area contributed by atoms with Gasteiger partial charge >= 0.3 is 0 Å². The van der Waals surface area contributed by atoms with Gasteiger partial charge in [0.05, 0.1) is 4.92 Å². The predicted octanol–water partition coefficient (Wildman–Crippen LogP) is 2.24. The van der Waals surface area contributed by atoms with Crippen LogP contribution in [0.15, 0.2) is 24.3 Å². The molecule has 2 rings (SSSR count). The fourth-order valence-electron chi connectivity index (χ4n) is 2.41. The van der Waals surface area contributed by atoms with Crippen molar-refractivity contribution in [1.29, 1.82) is 0 Å². The average Bonchev–Trinajstić information content (AvgIpc) is 2.51. The van der Waals surface area contributed by atoms with E-state index in [2.05, 4.69) is 0 Å². The Kier molecular flexibility index (Phi) is 5.43. The van der Waals surface area contributed by atoms with Gasteiger partial charge in [0.25, 0.3) is 5.69 Å². The number of benzene rings is 1. The highest BCUT2D eigenvalue weighted by molar-refractivity contribution is 5.88. The lowest BCUT2D eigenvalue weighted by Gasteiger charge is -2.45. The summed E-state index contributed by atoms with van der Waals surface area (Å²) >= 11 is 0. The zero-order valence-corrected chi connectivity index (χ0v) is 13.3. The highest BCUT2D eigenvalue weighted by atomic mass is 16.6. The Hall–Kier alpha value is -1.95. The summed E-state index contributed by atoms with van der Waals surface area (Å²) in [5.74, 6) is 0.00935. The van der Waals surface area contributed by atoms with E-state index in [0.29, 0.717) is 6.54 Å². The maximum atomic E-state index is 12.4. The molecule has 6 heteroatoms. The van der Waals surface area contributed by atoms with Crippen LogP contribution in [0.2, 0.25) is 0 Å². The fourth-order valence-corrected chi connectivity index (χ4v) is 2.41. The Bertz CT molecular complexity index is 515. The largest absolute Gasteiger partial charge is 0.343 e. The quantitative estimate of drug-likeness (QED) is 0.619. The first-order valence-corrected chi connectivity index (χ1v) is 7.09. The average molecular weight is 293 g/mol. The number of nitrogens with zero attached hydrogens (tertiary/aromatic N) is 3. The number of amides is 1. The Balaban J connectivity index is 0.00000106. The molecule has 1 unspecified atom stereocenters. The third-order valence-electron chi connectivity index (χ3n) is 3.94. The Labute approximate surface area is 125 Å². The van der Waals surface area contributed by atoms with Crippen LogP contribution in [0, 0.1) is 10.1 Å². The molecule has 116 valence electrons. The van der Waals surface area contributed by atoms with Crippen molar-refractivity contribution in [3.05, 3.63) is 39.9 Å². The molecular weight excluding hydrogens is 270 g/mol. The number of nitro benzene ring substituents is 1. The van der Waals surface area contributed by atoms with Crippen LogP contribution in [0.25, 0.3) is 0 Å². The molecule has 6 nitrogen and oxygen atoms in total. The highest BCUT2D eigenvalue weighted by Gasteiger charge is 2.44. The van der Waals surface area contributed by atoms with Crippen molar-refractivity contribution in [3.8, 4) is 0 Å². The number of likely N-dealkylation sites (N-methyl/N-ethyl adjacent to an activating group) is 2. The van der Waals surface area contributed by atoms with Crippen LogP contribution >= 0.6 is 0 Å². The minimum absolute atomic E-state index is 0.00935. The van der Waals surface area contributed by atoms with Gasteiger partial charge in [0, 0.05) is 32.3 Å². The molecular formula is C15H23N3O3. The number of rotatable bonds is 2. The summed E-state index contributed by atoms with van der Waals surface area (Å²) in [5, 5.41) is 10.7. The Morgan fingerprint density at radius 1 is 1.14 bits per heavy atom. The molecule has 0 saturated carbocycles. The van der Waals surface area contributed by atoms with Crippen LogP contribution < -0.4 is 0 Å². The molecule has 0 spiro atoms. The molecule has 1 aromatic carbocycles. The van der Waals surface area contributed by atoms with Gasteiger partial charge in [-0.2, -0.15) is 0 Å². The van der Waals surface area contributed by atoms with Gasteiger partial charge in [0.15, 0.2) is 0 Å². The van der Waals surface area contributed by atoms with Gasteiger partial charge < -0.3 is 4.90 Å². The summed E-state index contributed by atoms with van der Waals surface area (Å²) in [4.78, 5) is 26.3. The minimum atomic E-state index is -0.762. The first-order chi connectivity index (χ1) is 9.87. The Morgan fingerprint density at radius 2 is 1.67 bits per heavy atom. The van der Waals surface area contributed by atoms with Crippen molar-refractivity contribution in [2.75, 3.05) is 27.2 Å². The predicted molar refractivity (Wildman–Crippen MR) is 82.1 cm³/mol. The highest BCUT2D eigenvalue weighted by Crippen LogP contribution is 2.32. The van der Waals surface area contributed by atoms with Crippen molar-refractivity contribution in [2.24, 2.45) is 0 Å². The van der Waals surface area contributed by atoms with Gasteiger partial charge in [-0.25, -0.2) is 0 Å². The van der Waals surface area contributed by atoms with Crippen molar-refractivity contribution < 1.29 is 9.72 Å². The van der Waals surface area contributed by atoms with Gasteiger partial charge in [-0.15, -0.1) is 0 Å². The number of carbonyl (C=O) groups is 1. The van der Waals surface area contributed by atoms with Crippen LogP contribution in [0.1, 0.15) is 26.3 Å². The van der Waals surface area contributed by atoms with Crippen molar-refractivity contribution >= 4 is 11.6 Å². The van der Waals surface area contributed by atoms with E-state index in [0.717, 1.165) is 12.1 Å². The lowest BCUT2D eigenvalue weighted by molar-refractivity contribution is -0.384. The number of non-ortho nitro benzene ring substituents is 1. The molecule has 0 radical (unpaired) electrons. The van der Waals surface area contributed by atoms with E-state index in [-0.39, 0.29) is 11.6 Å². The van der Waals surface area contributed by atoms with Gasteiger partial charge in [-0.05, 0) is 31.7 Å². The maximum absolute atomic E-state index is 12.4. The van der Waals surface area contributed by atoms with E-state index in [9.17, 15) is 14.9 Å². The van der Waals surface area contributed by atoms with Crippen molar-refractivity contribution in [3.63, 3.8) is 0 Å². The summed E-state index contributed by atoms with van der Waals surface area (Å²) < 4.78 is 0. The summed E-state index contributed by atoms with van der Waals surface area (Å²) in [6, 6.07) is 6.20. The van der Waals surface area contributed by atoms with E-state index >= 15 is 0 Å². The number of nitro groups is 1. The summed E-state index contributed by atoms with van der Waals surface area (Å²) in [6.45, 7) is 7.32. The Morgan fingerprint density at radius 3 is 2.14 bits per heavy atom. The number of hydrogen-bond acceptors (Lipinski definition) is 4. The number of carbonyl (C=O) groups excluding carboxylic acids is 1. The second-order valence-electron chi connectivity index (χ2n) is 5.02. The lowest BCUT2D eigenvalue weighted by atomic mass is 9.87. The van der Waals surface area contributed by atoms with Crippen LogP contribution in [-0.2, 0) is 10.3 Å². The molecule has 0 N–H and O–H groups in total. The van der Waals surface area contributed by atoms with Crippen LogP contribution in [0.4, 0.5) is 5.69 Å². The smallest absolute Gasteiger partial charge is 0.269 e. The zero-order chi connectivity index (χ0) is 16.2. The number of piperazine rings is 1. The first kappa shape index (κ1) is 17.1. The number of hydrogen-bond donors (Lipinski definition) is 0. The molecule has 1 aliphatic heterocycles. The third-order valence-corrected chi connectivity index (χ3v) is 3.94.